The molecule has 0 saturated heterocycles. The molecule has 1 atom stereocenters. The van der Waals surface area contributed by atoms with Gasteiger partial charge in [0.15, 0.2) is 0 Å². The van der Waals surface area contributed by atoms with E-state index >= 15 is 0 Å². The Hall–Kier alpha value is -1.13. The summed E-state index contributed by atoms with van der Waals surface area (Å²) in [5.41, 5.74) is 1.27. The molecule has 1 unspecified atom stereocenters. The predicted molar refractivity (Wildman–Crippen MR) is 83.0 cm³/mol. The van der Waals surface area contributed by atoms with E-state index in [2.05, 4.69) is 41.2 Å². The van der Waals surface area contributed by atoms with Crippen molar-refractivity contribution in [2.45, 2.75) is 51.6 Å². The predicted octanol–water partition coefficient (Wildman–Crippen LogP) is 2.49. The minimum absolute atomic E-state index is 0.187. The Kier molecular flexibility index (Phi) is 5.80. The van der Waals surface area contributed by atoms with Crippen LogP contribution in [0.4, 0.5) is 5.82 Å². The highest BCUT2D eigenvalue weighted by Gasteiger charge is 2.25. The molecular weight excluding hydrogens is 250 g/mol. The summed E-state index contributed by atoms with van der Waals surface area (Å²) in [6.07, 6.45) is 6.75. The maximum Gasteiger partial charge on any atom is 0.129 e. The van der Waals surface area contributed by atoms with Crippen molar-refractivity contribution in [3.63, 3.8) is 0 Å². The lowest BCUT2D eigenvalue weighted by Gasteiger charge is -2.38. The first-order valence-corrected chi connectivity index (χ1v) is 7.83. The number of rotatable bonds is 8. The topological polar surface area (TPSA) is 48.4 Å². The van der Waals surface area contributed by atoms with Crippen molar-refractivity contribution in [3.8, 4) is 0 Å². The molecule has 1 heterocycles. The molecule has 112 valence electrons. The van der Waals surface area contributed by atoms with Crippen molar-refractivity contribution in [2.75, 3.05) is 24.6 Å². The van der Waals surface area contributed by atoms with Crippen LogP contribution in [0.2, 0.25) is 0 Å². The van der Waals surface area contributed by atoms with E-state index in [9.17, 15) is 5.11 Å². The number of anilines is 1. The van der Waals surface area contributed by atoms with Crippen molar-refractivity contribution in [1.29, 1.82) is 0 Å². The second kappa shape index (κ2) is 7.60. The third kappa shape index (κ3) is 3.70. The van der Waals surface area contributed by atoms with Crippen LogP contribution in [0.5, 0.6) is 0 Å². The summed E-state index contributed by atoms with van der Waals surface area (Å²) in [6.45, 7) is 6.26. The lowest BCUT2D eigenvalue weighted by atomic mass is 9.91. The second-order valence-corrected chi connectivity index (χ2v) is 5.62. The third-order valence-corrected chi connectivity index (χ3v) is 4.12. The van der Waals surface area contributed by atoms with Gasteiger partial charge in [0.05, 0.1) is 6.61 Å². The van der Waals surface area contributed by atoms with Crippen LogP contribution < -0.4 is 10.2 Å². The van der Waals surface area contributed by atoms with E-state index in [1.54, 1.807) is 0 Å². The van der Waals surface area contributed by atoms with Gasteiger partial charge in [0.25, 0.3) is 0 Å². The number of nitrogens with one attached hydrogen (secondary N) is 1. The van der Waals surface area contributed by atoms with Gasteiger partial charge < -0.3 is 15.3 Å². The van der Waals surface area contributed by atoms with Gasteiger partial charge in [-0.25, -0.2) is 4.98 Å². The van der Waals surface area contributed by atoms with Crippen molar-refractivity contribution < 1.29 is 5.11 Å². The van der Waals surface area contributed by atoms with Gasteiger partial charge in [0.2, 0.25) is 0 Å². The Balaban J connectivity index is 2.09. The van der Waals surface area contributed by atoms with Crippen LogP contribution in [-0.2, 0) is 0 Å². The molecule has 4 nitrogen and oxygen atoms in total. The molecule has 2 N–H and O–H groups in total. The Morgan fingerprint density at radius 2 is 2.30 bits per heavy atom. The Labute approximate surface area is 122 Å². The maximum atomic E-state index is 9.28. The van der Waals surface area contributed by atoms with Gasteiger partial charge in [-0.2, -0.15) is 0 Å². The SMILES string of the molecule is CCCNC(C)c1ccnc(N(CCO)C2CCC2)c1. The summed E-state index contributed by atoms with van der Waals surface area (Å²) in [5.74, 6) is 1.01. The quantitative estimate of drug-likeness (QED) is 0.766. The fourth-order valence-corrected chi connectivity index (χ4v) is 2.63. The molecule has 2 rings (SSSR count). The zero-order chi connectivity index (χ0) is 14.4. The first-order chi connectivity index (χ1) is 9.76. The molecule has 0 amide bonds. The average Bonchev–Trinajstić information content (AvgIpc) is 2.42. The lowest BCUT2D eigenvalue weighted by Crippen LogP contribution is -2.42. The molecular formula is C16H27N3O. The van der Waals surface area contributed by atoms with Crippen molar-refractivity contribution in [1.82, 2.24) is 10.3 Å². The highest BCUT2D eigenvalue weighted by Crippen LogP contribution is 2.29. The lowest BCUT2D eigenvalue weighted by molar-refractivity contribution is 0.283. The fraction of sp³-hybridized carbons (Fsp3) is 0.688. The van der Waals surface area contributed by atoms with Crippen LogP contribution in [0.3, 0.4) is 0 Å². The van der Waals surface area contributed by atoms with Gasteiger partial charge in [0, 0.05) is 24.8 Å². The van der Waals surface area contributed by atoms with Crippen LogP contribution in [0.1, 0.15) is 51.1 Å². The molecule has 1 aromatic heterocycles. The zero-order valence-electron chi connectivity index (χ0n) is 12.7. The van der Waals surface area contributed by atoms with Gasteiger partial charge in [-0.15, -0.1) is 0 Å². The number of pyridine rings is 1. The van der Waals surface area contributed by atoms with Gasteiger partial charge in [-0.3, -0.25) is 0 Å². The number of hydrogen-bond donors (Lipinski definition) is 2. The van der Waals surface area contributed by atoms with Crippen LogP contribution in [-0.4, -0.2) is 35.8 Å². The van der Waals surface area contributed by atoms with Gasteiger partial charge in [-0.05, 0) is 56.8 Å². The van der Waals surface area contributed by atoms with Crippen LogP contribution in [0, 0.1) is 0 Å². The average molecular weight is 277 g/mol. The third-order valence-electron chi connectivity index (χ3n) is 4.12. The van der Waals surface area contributed by atoms with Gasteiger partial charge >= 0.3 is 0 Å². The first kappa shape index (κ1) is 15.3. The Bertz CT molecular complexity index is 406. The van der Waals surface area contributed by atoms with Crippen LogP contribution in [0.25, 0.3) is 0 Å². The molecule has 1 aromatic rings. The maximum absolute atomic E-state index is 9.28. The molecule has 0 spiro atoms. The Morgan fingerprint density at radius 3 is 2.90 bits per heavy atom. The monoisotopic (exact) mass is 277 g/mol. The molecule has 0 bridgehead atoms. The van der Waals surface area contributed by atoms with E-state index in [1.807, 2.05) is 6.20 Å². The fourth-order valence-electron chi connectivity index (χ4n) is 2.63. The number of nitrogens with zero attached hydrogens (tertiary/aromatic N) is 2. The normalized spacial score (nSPS) is 16.8. The molecule has 0 radical (unpaired) electrons. The molecule has 20 heavy (non-hydrogen) atoms. The molecule has 1 saturated carbocycles. The summed E-state index contributed by atoms with van der Waals surface area (Å²) < 4.78 is 0. The van der Waals surface area contributed by atoms with Crippen molar-refractivity contribution >= 4 is 5.82 Å². The van der Waals surface area contributed by atoms with E-state index in [-0.39, 0.29) is 6.61 Å². The van der Waals surface area contributed by atoms with Gasteiger partial charge in [0.1, 0.15) is 5.82 Å². The second-order valence-electron chi connectivity index (χ2n) is 5.62. The highest BCUT2D eigenvalue weighted by molar-refractivity contribution is 5.43. The summed E-state index contributed by atoms with van der Waals surface area (Å²) in [7, 11) is 0. The summed E-state index contributed by atoms with van der Waals surface area (Å²) >= 11 is 0. The molecule has 1 fully saturated rings. The Morgan fingerprint density at radius 1 is 1.50 bits per heavy atom. The van der Waals surface area contributed by atoms with E-state index in [0.717, 1.165) is 18.8 Å². The molecule has 0 aromatic carbocycles. The largest absolute Gasteiger partial charge is 0.395 e. The molecule has 4 heteroatoms. The van der Waals surface area contributed by atoms with Crippen molar-refractivity contribution in [2.24, 2.45) is 0 Å². The zero-order valence-corrected chi connectivity index (χ0v) is 12.7. The number of hydrogen-bond acceptors (Lipinski definition) is 4. The van der Waals surface area contributed by atoms with Crippen LogP contribution in [0.15, 0.2) is 18.3 Å². The smallest absolute Gasteiger partial charge is 0.129 e. The highest BCUT2D eigenvalue weighted by atomic mass is 16.3. The first-order valence-electron chi connectivity index (χ1n) is 7.83. The molecule has 0 aliphatic heterocycles. The number of aromatic nitrogens is 1. The van der Waals surface area contributed by atoms with Gasteiger partial charge in [-0.1, -0.05) is 6.92 Å². The van der Waals surface area contributed by atoms with E-state index in [1.165, 1.54) is 24.8 Å². The standard InChI is InChI=1S/C16H27N3O/c1-3-8-17-13(2)14-7-9-18-16(12-14)19(10-11-20)15-5-4-6-15/h7,9,12-13,15,17,20H,3-6,8,10-11H2,1-2H3. The minimum Gasteiger partial charge on any atom is -0.395 e. The summed E-state index contributed by atoms with van der Waals surface area (Å²) in [4.78, 5) is 6.77. The molecule has 1 aliphatic rings. The van der Waals surface area contributed by atoms with E-state index < -0.39 is 0 Å². The van der Waals surface area contributed by atoms with Crippen molar-refractivity contribution in [3.05, 3.63) is 23.9 Å². The number of aliphatic hydroxyl groups is 1. The minimum atomic E-state index is 0.187. The molecule has 1 aliphatic carbocycles. The summed E-state index contributed by atoms with van der Waals surface area (Å²) in [6, 6.07) is 5.15. The van der Waals surface area contributed by atoms with E-state index in [0.29, 0.717) is 18.6 Å². The number of aliphatic hydroxyl groups excluding tert-OH is 1. The van der Waals surface area contributed by atoms with Crippen LogP contribution >= 0.6 is 0 Å². The van der Waals surface area contributed by atoms with E-state index in [4.69, 9.17) is 0 Å². The summed E-state index contributed by atoms with van der Waals surface area (Å²) in [5, 5.41) is 12.8.